The fourth-order valence-electron chi connectivity index (χ4n) is 7.28. The van der Waals surface area contributed by atoms with E-state index in [9.17, 15) is 4.79 Å². The third-order valence-electron chi connectivity index (χ3n) is 7.63. The van der Waals surface area contributed by atoms with Crippen LogP contribution in [0.3, 0.4) is 0 Å². The number of hydrogen-bond acceptors (Lipinski definition) is 4. The monoisotopic (exact) mass is 316 g/mol. The minimum Gasteiger partial charge on any atom is -0.481 e. The first kappa shape index (κ1) is 13.9. The van der Waals surface area contributed by atoms with Gasteiger partial charge in [0.1, 0.15) is 6.42 Å². The molecule has 6 heteroatoms. The number of aromatic amines is 1. The van der Waals surface area contributed by atoms with Crippen molar-refractivity contribution in [2.24, 2.45) is 47.3 Å². The molecule has 7 fully saturated rings. The van der Waals surface area contributed by atoms with Crippen molar-refractivity contribution in [1.82, 2.24) is 20.6 Å². The molecule has 0 aromatic carbocycles. The molecule has 7 aliphatic rings. The first-order valence-electron chi connectivity index (χ1n) is 9.13. The number of aliphatic carboxylic acids is 1. The summed E-state index contributed by atoms with van der Waals surface area (Å²) in [4.78, 5) is 9.94. The molecule has 8 bridgehead atoms. The van der Waals surface area contributed by atoms with Crippen LogP contribution < -0.4 is 0 Å². The van der Waals surface area contributed by atoms with Crippen molar-refractivity contribution < 1.29 is 9.90 Å². The second kappa shape index (κ2) is 5.02. The fraction of sp³-hybridized carbons (Fsp3) is 0.882. The molecule has 1 aromatic rings. The molecule has 7 aliphatic carbocycles. The number of nitrogens with one attached hydrogen (secondary N) is 1. The third kappa shape index (κ3) is 2.13. The van der Waals surface area contributed by atoms with E-state index in [1.807, 2.05) is 0 Å². The Hall–Kier alpha value is -1.46. The first-order chi connectivity index (χ1) is 11.2. The van der Waals surface area contributed by atoms with Gasteiger partial charge in [0.2, 0.25) is 0 Å². The van der Waals surface area contributed by atoms with Crippen LogP contribution in [0.25, 0.3) is 0 Å². The van der Waals surface area contributed by atoms with E-state index in [1.165, 1.54) is 47.3 Å². The molecule has 0 unspecified atom stereocenters. The molecule has 6 nitrogen and oxygen atoms in total. The van der Waals surface area contributed by atoms with Gasteiger partial charge >= 0.3 is 5.97 Å². The second-order valence-electron chi connectivity index (χ2n) is 8.53. The third-order valence-corrected chi connectivity index (χ3v) is 7.63. The Labute approximate surface area is 135 Å². The van der Waals surface area contributed by atoms with Crippen molar-refractivity contribution in [3.05, 3.63) is 5.82 Å². The van der Waals surface area contributed by atoms with Crippen LogP contribution in [0.5, 0.6) is 0 Å². The molecule has 2 N–H and O–H groups in total. The molecule has 124 valence electrons. The number of H-pyrrole nitrogens is 1. The predicted octanol–water partition coefficient (Wildman–Crippen LogP) is 2.15. The second-order valence-corrected chi connectivity index (χ2v) is 8.53. The molecule has 1 heterocycles. The van der Waals surface area contributed by atoms with Gasteiger partial charge in [0.25, 0.3) is 0 Å². The van der Waals surface area contributed by atoms with Crippen molar-refractivity contribution in [3.63, 3.8) is 0 Å². The average molecular weight is 316 g/mol. The zero-order chi connectivity index (χ0) is 15.6. The van der Waals surface area contributed by atoms with Crippen molar-refractivity contribution >= 4 is 5.97 Å². The number of tetrazole rings is 1. The van der Waals surface area contributed by atoms with E-state index in [-0.39, 0.29) is 12.2 Å². The van der Waals surface area contributed by atoms with Gasteiger partial charge in [-0.2, -0.15) is 5.21 Å². The maximum Gasteiger partial charge on any atom is 0.311 e. The van der Waals surface area contributed by atoms with E-state index in [0.717, 1.165) is 0 Å². The Morgan fingerprint density at radius 3 is 1.65 bits per heavy atom. The number of rotatable bonds is 2. The quantitative estimate of drug-likeness (QED) is 0.872. The lowest BCUT2D eigenvalue weighted by atomic mass is 9.36. The smallest absolute Gasteiger partial charge is 0.311 e. The predicted molar refractivity (Wildman–Crippen MR) is 81.1 cm³/mol. The summed E-state index contributed by atoms with van der Waals surface area (Å²) in [6.45, 7) is 0. The number of carbonyl (C=O) groups is 1. The summed E-state index contributed by atoms with van der Waals surface area (Å²) in [5.41, 5.74) is 0. The van der Waals surface area contributed by atoms with Crippen LogP contribution in [0.2, 0.25) is 0 Å². The summed E-state index contributed by atoms with van der Waals surface area (Å²) < 4.78 is 0. The molecule has 23 heavy (non-hydrogen) atoms. The van der Waals surface area contributed by atoms with Crippen molar-refractivity contribution in [3.8, 4) is 0 Å². The highest BCUT2D eigenvalue weighted by atomic mass is 16.4. The van der Waals surface area contributed by atoms with Crippen LogP contribution in [0.1, 0.15) is 44.3 Å². The van der Waals surface area contributed by atoms with Crippen LogP contribution >= 0.6 is 0 Å². The zero-order valence-electron chi connectivity index (χ0n) is 13.3. The SMILES string of the molecule is C1C2CC3C4CC5CC(C14)C(C2)C3C5.O=C(O)Cc1nn[nH]n1. The molecule has 0 aliphatic heterocycles. The maximum atomic E-state index is 9.94. The number of aromatic nitrogens is 4. The first-order valence-corrected chi connectivity index (χ1v) is 9.13. The molecule has 0 spiro atoms. The van der Waals surface area contributed by atoms with Crippen molar-refractivity contribution in [2.45, 2.75) is 44.9 Å². The number of nitrogens with zero attached hydrogens (tertiary/aromatic N) is 3. The summed E-state index contributed by atoms with van der Waals surface area (Å²) in [5, 5.41) is 20.3. The Bertz CT molecular complexity index is 514. The highest BCUT2D eigenvalue weighted by molar-refractivity contribution is 5.68. The fourth-order valence-corrected chi connectivity index (χ4v) is 7.28. The highest BCUT2D eigenvalue weighted by Gasteiger charge is 2.63. The molecule has 0 amide bonds. The molecule has 1 aromatic heterocycles. The lowest BCUT2D eigenvalue weighted by molar-refractivity contribution is -0.202. The largest absolute Gasteiger partial charge is 0.481 e. The van der Waals surface area contributed by atoms with Crippen LogP contribution in [-0.4, -0.2) is 31.7 Å². The van der Waals surface area contributed by atoms with Gasteiger partial charge in [-0.1, -0.05) is 5.21 Å². The van der Waals surface area contributed by atoms with E-state index >= 15 is 0 Å². The molecule has 0 saturated heterocycles. The van der Waals surface area contributed by atoms with E-state index in [4.69, 9.17) is 5.11 Å². The van der Waals surface area contributed by atoms with E-state index in [1.54, 1.807) is 38.5 Å². The lowest BCUT2D eigenvalue weighted by Crippen LogP contribution is -2.62. The summed E-state index contributed by atoms with van der Waals surface area (Å²) in [5.74, 6) is 8.97. The summed E-state index contributed by atoms with van der Waals surface area (Å²) in [7, 11) is 0. The average Bonchev–Trinajstić information content (AvgIpc) is 3.04. The Balaban J connectivity index is 0.000000119. The van der Waals surface area contributed by atoms with Crippen LogP contribution in [0.15, 0.2) is 0 Å². The van der Waals surface area contributed by atoms with Gasteiger partial charge in [0.05, 0.1) is 0 Å². The molecule has 8 rings (SSSR count). The van der Waals surface area contributed by atoms with Gasteiger partial charge in [-0.05, 0) is 85.9 Å². The van der Waals surface area contributed by atoms with Gasteiger partial charge in [-0.3, -0.25) is 4.79 Å². The van der Waals surface area contributed by atoms with E-state index in [0.29, 0.717) is 0 Å². The van der Waals surface area contributed by atoms with Gasteiger partial charge in [-0.25, -0.2) is 0 Å². The highest BCUT2D eigenvalue weighted by Crippen LogP contribution is 2.71. The van der Waals surface area contributed by atoms with E-state index in [2.05, 4.69) is 20.6 Å². The van der Waals surface area contributed by atoms with Gasteiger partial charge in [0.15, 0.2) is 5.82 Å². The Morgan fingerprint density at radius 2 is 1.35 bits per heavy atom. The molecule has 0 radical (unpaired) electrons. The minimum atomic E-state index is -0.962. The molecular formula is C17H24N4O2. The summed E-state index contributed by atoms with van der Waals surface area (Å²) in [6, 6.07) is 0. The van der Waals surface area contributed by atoms with Crippen molar-refractivity contribution in [2.75, 3.05) is 0 Å². The molecule has 0 atom stereocenters. The minimum absolute atomic E-state index is 0.184. The van der Waals surface area contributed by atoms with Crippen molar-refractivity contribution in [1.29, 1.82) is 0 Å². The van der Waals surface area contributed by atoms with Crippen LogP contribution in [-0.2, 0) is 11.2 Å². The van der Waals surface area contributed by atoms with E-state index < -0.39 is 5.97 Å². The number of carboxylic acid groups (broad SMARTS) is 1. The Morgan fingerprint density at radius 1 is 0.913 bits per heavy atom. The van der Waals surface area contributed by atoms with Gasteiger partial charge < -0.3 is 5.11 Å². The van der Waals surface area contributed by atoms with Gasteiger partial charge in [0, 0.05) is 0 Å². The standard InChI is InChI=1S/C14H20.C3H4N4O2/c1-7-2-12-10-4-8-5-11(9(1)10)13(3-7)14(12)6-8;8-3(9)1-2-4-6-7-5-2/h7-14H,1-6H2;1H2,(H,8,9)(H,4,5,6,7). The summed E-state index contributed by atoms with van der Waals surface area (Å²) in [6.07, 6.45) is 9.74. The summed E-state index contributed by atoms with van der Waals surface area (Å²) >= 11 is 0. The lowest BCUT2D eigenvalue weighted by Gasteiger charge is -2.69. The maximum absolute atomic E-state index is 9.94. The number of carboxylic acids is 1. The Kier molecular flexibility index (Phi) is 3.04. The van der Waals surface area contributed by atoms with Gasteiger partial charge in [-0.15, -0.1) is 10.2 Å². The topological polar surface area (TPSA) is 91.8 Å². The van der Waals surface area contributed by atoms with Crippen LogP contribution in [0, 0.1) is 47.3 Å². The van der Waals surface area contributed by atoms with Crippen LogP contribution in [0.4, 0.5) is 0 Å². The molecular weight excluding hydrogens is 292 g/mol. The molecule has 7 saturated carbocycles. The number of hydrogen-bond donors (Lipinski definition) is 2. The zero-order valence-corrected chi connectivity index (χ0v) is 13.3. The normalized spacial score (nSPS) is 47.5.